The molecule has 2 N–H and O–H groups in total. The van der Waals surface area contributed by atoms with E-state index in [1.165, 1.54) is 18.2 Å². The number of esters is 1. The first kappa shape index (κ1) is 14.4. The van der Waals surface area contributed by atoms with Crippen LogP contribution in [0.15, 0.2) is 18.7 Å². The minimum absolute atomic E-state index is 0.0142. The third kappa shape index (κ3) is 2.64. The Hall–Kier alpha value is -1.97. The highest BCUT2D eigenvalue weighted by molar-refractivity contribution is 5.94. The van der Waals surface area contributed by atoms with Gasteiger partial charge in [-0.05, 0) is 49.8 Å². The first-order valence-electron chi connectivity index (χ1n) is 6.93. The zero-order valence-electron chi connectivity index (χ0n) is 11.7. The maximum absolute atomic E-state index is 12.3. The van der Waals surface area contributed by atoms with E-state index in [4.69, 9.17) is 4.74 Å². The number of phenols is 2. The van der Waals surface area contributed by atoms with Crippen molar-refractivity contribution in [2.75, 3.05) is 0 Å². The molecular formula is C16H20O4. The molecule has 0 bridgehead atoms. The van der Waals surface area contributed by atoms with Gasteiger partial charge in [0.05, 0.1) is 0 Å². The van der Waals surface area contributed by atoms with Crippen molar-refractivity contribution in [1.82, 2.24) is 0 Å². The Morgan fingerprint density at radius 2 is 2.05 bits per heavy atom. The van der Waals surface area contributed by atoms with E-state index < -0.39 is 17.3 Å². The smallest absolute Gasteiger partial charge is 0.342 e. The van der Waals surface area contributed by atoms with Crippen LogP contribution >= 0.6 is 0 Å². The molecule has 0 aromatic heterocycles. The van der Waals surface area contributed by atoms with Gasteiger partial charge in [0.25, 0.3) is 0 Å². The molecule has 0 amide bonds. The number of phenolic OH excluding ortho intramolecular Hbond substituents is 2. The van der Waals surface area contributed by atoms with Crippen LogP contribution in [-0.4, -0.2) is 21.8 Å². The molecule has 1 aromatic carbocycles. The summed E-state index contributed by atoms with van der Waals surface area (Å²) < 4.78 is 5.63. The van der Waals surface area contributed by atoms with E-state index in [1.807, 2.05) is 6.92 Å². The highest BCUT2D eigenvalue weighted by Gasteiger charge is 2.36. The number of ether oxygens (including phenoxy) is 1. The van der Waals surface area contributed by atoms with Crippen LogP contribution in [0.3, 0.4) is 0 Å². The molecule has 4 nitrogen and oxygen atoms in total. The Balaban J connectivity index is 2.29. The van der Waals surface area contributed by atoms with Crippen molar-refractivity contribution in [2.24, 2.45) is 0 Å². The molecule has 1 aliphatic carbocycles. The molecule has 1 aromatic rings. The lowest BCUT2D eigenvalue weighted by atomic mass is 9.98. The Labute approximate surface area is 118 Å². The van der Waals surface area contributed by atoms with E-state index in [9.17, 15) is 15.0 Å². The topological polar surface area (TPSA) is 66.8 Å². The Kier molecular flexibility index (Phi) is 4.02. The van der Waals surface area contributed by atoms with Crippen LogP contribution in [0.1, 0.15) is 54.9 Å². The van der Waals surface area contributed by atoms with Gasteiger partial charge in [0.15, 0.2) is 11.5 Å². The van der Waals surface area contributed by atoms with E-state index in [-0.39, 0.29) is 11.3 Å². The van der Waals surface area contributed by atoms with Crippen molar-refractivity contribution in [1.29, 1.82) is 0 Å². The average Bonchev–Trinajstić information content (AvgIpc) is 2.90. The van der Waals surface area contributed by atoms with Gasteiger partial charge in [0.1, 0.15) is 11.2 Å². The van der Waals surface area contributed by atoms with Gasteiger partial charge in [-0.25, -0.2) is 4.79 Å². The molecule has 0 saturated heterocycles. The fourth-order valence-electron chi connectivity index (χ4n) is 2.71. The van der Waals surface area contributed by atoms with Crippen LogP contribution in [0.4, 0.5) is 0 Å². The Morgan fingerprint density at radius 3 is 2.60 bits per heavy atom. The number of rotatable bonds is 4. The predicted octanol–water partition coefficient (Wildman–Crippen LogP) is 3.62. The number of carbonyl (C=O) groups excluding carboxylic acids is 1. The molecule has 108 valence electrons. The van der Waals surface area contributed by atoms with Crippen LogP contribution < -0.4 is 0 Å². The summed E-state index contributed by atoms with van der Waals surface area (Å²) in [5.41, 5.74) is 0.118. The first-order chi connectivity index (χ1) is 9.51. The van der Waals surface area contributed by atoms with Gasteiger partial charge in [0.2, 0.25) is 0 Å². The predicted molar refractivity (Wildman–Crippen MR) is 76.8 cm³/mol. The molecule has 0 radical (unpaired) electrons. The largest absolute Gasteiger partial charge is 0.504 e. The Morgan fingerprint density at radius 1 is 1.40 bits per heavy atom. The van der Waals surface area contributed by atoms with Gasteiger partial charge in [-0.15, -0.1) is 0 Å². The fraction of sp³-hybridized carbons (Fsp3) is 0.438. The normalized spacial score (nSPS) is 16.9. The van der Waals surface area contributed by atoms with Gasteiger partial charge < -0.3 is 14.9 Å². The minimum Gasteiger partial charge on any atom is -0.504 e. The molecule has 0 aliphatic heterocycles. The third-order valence-corrected chi connectivity index (χ3v) is 4.04. The second-order valence-corrected chi connectivity index (χ2v) is 5.27. The van der Waals surface area contributed by atoms with E-state index in [2.05, 4.69) is 6.58 Å². The Bertz CT molecular complexity index is 528. The molecule has 0 heterocycles. The van der Waals surface area contributed by atoms with Crippen LogP contribution in [0.5, 0.6) is 11.5 Å². The van der Waals surface area contributed by atoms with Crippen molar-refractivity contribution in [2.45, 2.75) is 44.6 Å². The summed E-state index contributed by atoms with van der Waals surface area (Å²) in [7, 11) is 0. The molecule has 1 fully saturated rings. The van der Waals surface area contributed by atoms with Crippen molar-refractivity contribution in [3.05, 3.63) is 29.8 Å². The number of hydrogen-bond acceptors (Lipinski definition) is 4. The number of aromatic hydroxyl groups is 2. The first-order valence-corrected chi connectivity index (χ1v) is 6.93. The number of benzene rings is 1. The molecule has 4 heteroatoms. The lowest BCUT2D eigenvalue weighted by molar-refractivity contribution is -0.0175. The maximum atomic E-state index is 12.3. The highest BCUT2D eigenvalue weighted by Crippen LogP contribution is 2.38. The number of carbonyl (C=O) groups is 1. The fourth-order valence-corrected chi connectivity index (χ4v) is 2.71. The van der Waals surface area contributed by atoms with Crippen LogP contribution in [-0.2, 0) is 4.74 Å². The minimum atomic E-state index is -0.592. The molecule has 2 rings (SSSR count). The van der Waals surface area contributed by atoms with Gasteiger partial charge in [-0.3, -0.25) is 0 Å². The second-order valence-electron chi connectivity index (χ2n) is 5.27. The lowest BCUT2D eigenvalue weighted by Gasteiger charge is -2.27. The second kappa shape index (κ2) is 5.57. The van der Waals surface area contributed by atoms with E-state index >= 15 is 0 Å². The lowest BCUT2D eigenvalue weighted by Crippen LogP contribution is -2.31. The van der Waals surface area contributed by atoms with Crippen molar-refractivity contribution < 1.29 is 19.7 Å². The highest BCUT2D eigenvalue weighted by atomic mass is 16.6. The summed E-state index contributed by atoms with van der Waals surface area (Å²) in [5.74, 6) is -1.37. The maximum Gasteiger partial charge on any atom is 0.342 e. The summed E-state index contributed by atoms with van der Waals surface area (Å²) in [6, 6.07) is 2.83. The van der Waals surface area contributed by atoms with E-state index in [0.29, 0.717) is 5.56 Å². The molecule has 0 unspecified atom stereocenters. The zero-order chi connectivity index (χ0) is 14.8. The van der Waals surface area contributed by atoms with E-state index in [0.717, 1.165) is 32.1 Å². The standard InChI is InChI=1S/C16H20O4/c1-3-11-9-12(14(18)13(17)10-11)15(19)20-16(4-2)7-5-6-8-16/h3,9-10,17-18H,1,4-8H2,2H3. The molecular weight excluding hydrogens is 256 g/mol. The SMILES string of the molecule is C=Cc1cc(O)c(O)c(C(=O)OC2(CC)CCCC2)c1. The van der Waals surface area contributed by atoms with Crippen LogP contribution in [0.25, 0.3) is 6.08 Å². The van der Waals surface area contributed by atoms with Gasteiger partial charge in [-0.2, -0.15) is 0 Å². The molecule has 0 spiro atoms. The summed E-state index contributed by atoms with van der Waals surface area (Å²) >= 11 is 0. The molecule has 1 saturated carbocycles. The quantitative estimate of drug-likeness (QED) is 0.651. The molecule has 0 atom stereocenters. The van der Waals surface area contributed by atoms with Crippen molar-refractivity contribution >= 4 is 12.0 Å². The van der Waals surface area contributed by atoms with Gasteiger partial charge in [0, 0.05) is 0 Å². The van der Waals surface area contributed by atoms with Gasteiger partial charge >= 0.3 is 5.97 Å². The van der Waals surface area contributed by atoms with Crippen molar-refractivity contribution in [3.8, 4) is 11.5 Å². The molecule has 1 aliphatic rings. The number of hydrogen-bond donors (Lipinski definition) is 2. The average molecular weight is 276 g/mol. The summed E-state index contributed by atoms with van der Waals surface area (Å²) in [6.45, 7) is 5.59. The molecule has 20 heavy (non-hydrogen) atoms. The monoisotopic (exact) mass is 276 g/mol. The van der Waals surface area contributed by atoms with Gasteiger partial charge in [-0.1, -0.05) is 19.6 Å². The summed E-state index contributed by atoms with van der Waals surface area (Å²) in [5, 5.41) is 19.5. The van der Waals surface area contributed by atoms with E-state index in [1.54, 1.807) is 0 Å². The third-order valence-electron chi connectivity index (χ3n) is 4.04. The van der Waals surface area contributed by atoms with Crippen LogP contribution in [0.2, 0.25) is 0 Å². The summed E-state index contributed by atoms with van der Waals surface area (Å²) in [4.78, 5) is 12.3. The summed E-state index contributed by atoms with van der Waals surface area (Å²) in [6.07, 6.45) is 6.05. The van der Waals surface area contributed by atoms with Crippen molar-refractivity contribution in [3.63, 3.8) is 0 Å². The van der Waals surface area contributed by atoms with Crippen LogP contribution in [0, 0.1) is 0 Å². The zero-order valence-corrected chi connectivity index (χ0v) is 11.7.